The highest BCUT2D eigenvalue weighted by atomic mass is 19.1. The maximum absolute atomic E-state index is 12.8. The van der Waals surface area contributed by atoms with E-state index in [-0.39, 0.29) is 18.3 Å². The number of carbonyl (C=O) groups is 1. The van der Waals surface area contributed by atoms with Crippen molar-refractivity contribution in [3.63, 3.8) is 0 Å². The van der Waals surface area contributed by atoms with Crippen LogP contribution in [-0.2, 0) is 11.2 Å². The van der Waals surface area contributed by atoms with Crippen molar-refractivity contribution in [2.45, 2.75) is 19.3 Å². The van der Waals surface area contributed by atoms with Gasteiger partial charge >= 0.3 is 0 Å². The number of rotatable bonds is 8. The average molecular weight is 301 g/mol. The van der Waals surface area contributed by atoms with Crippen LogP contribution >= 0.6 is 0 Å². The summed E-state index contributed by atoms with van der Waals surface area (Å²) < 4.78 is 18.1. The van der Waals surface area contributed by atoms with Crippen molar-refractivity contribution in [3.8, 4) is 5.75 Å². The van der Waals surface area contributed by atoms with E-state index < -0.39 is 0 Å². The number of benzene rings is 2. The van der Waals surface area contributed by atoms with Crippen LogP contribution in [0.15, 0.2) is 54.6 Å². The summed E-state index contributed by atoms with van der Waals surface area (Å²) in [6.07, 6.45) is 2.72. The second kappa shape index (κ2) is 8.82. The molecule has 0 radical (unpaired) electrons. The highest BCUT2D eigenvalue weighted by Gasteiger charge is 2.02. The highest BCUT2D eigenvalue weighted by molar-refractivity contribution is 5.77. The van der Waals surface area contributed by atoms with Gasteiger partial charge in [-0.2, -0.15) is 0 Å². The van der Waals surface area contributed by atoms with E-state index in [2.05, 4.69) is 5.32 Å². The molecule has 1 amide bonds. The molecule has 0 heterocycles. The molecule has 0 spiro atoms. The predicted molar refractivity (Wildman–Crippen MR) is 84.3 cm³/mol. The van der Waals surface area contributed by atoms with Crippen LogP contribution in [0.1, 0.15) is 18.4 Å². The summed E-state index contributed by atoms with van der Waals surface area (Å²) in [5.74, 6) is 0.356. The molecule has 0 fully saturated rings. The van der Waals surface area contributed by atoms with Crippen molar-refractivity contribution in [1.82, 2.24) is 5.32 Å². The molecule has 3 nitrogen and oxygen atoms in total. The van der Waals surface area contributed by atoms with Crippen LogP contribution in [0.3, 0.4) is 0 Å². The van der Waals surface area contributed by atoms with Crippen molar-refractivity contribution in [2.75, 3.05) is 13.2 Å². The molecule has 0 aliphatic carbocycles. The molecule has 0 saturated carbocycles. The molecule has 0 aromatic heterocycles. The third-order valence-corrected chi connectivity index (χ3v) is 3.24. The molecule has 116 valence electrons. The lowest BCUT2D eigenvalue weighted by atomic mass is 10.1. The summed E-state index contributed by atoms with van der Waals surface area (Å²) in [6, 6.07) is 15.8. The number of aryl methyl sites for hydroxylation is 1. The van der Waals surface area contributed by atoms with Crippen molar-refractivity contribution >= 4 is 5.91 Å². The summed E-state index contributed by atoms with van der Waals surface area (Å²) in [6.45, 7) is 0.653. The van der Waals surface area contributed by atoms with Gasteiger partial charge in [0.1, 0.15) is 11.6 Å². The molecule has 0 saturated heterocycles. The average Bonchev–Trinajstić information content (AvgIpc) is 2.55. The van der Waals surface area contributed by atoms with Crippen molar-refractivity contribution in [1.29, 1.82) is 0 Å². The van der Waals surface area contributed by atoms with Crippen LogP contribution in [-0.4, -0.2) is 19.1 Å². The smallest absolute Gasteiger partial charge is 0.257 e. The predicted octanol–water partition coefficient (Wildman–Crippen LogP) is 3.34. The first-order chi connectivity index (χ1) is 10.7. The standard InChI is InChI=1S/C18H20FNO2/c19-16-11-9-15(10-12-16)6-4-5-13-20-18(21)14-22-17-7-2-1-3-8-17/h1-3,7-12H,4-6,13-14H2,(H,20,21). The third-order valence-electron chi connectivity index (χ3n) is 3.24. The number of nitrogens with one attached hydrogen (secondary N) is 1. The number of amides is 1. The molecule has 2 aromatic rings. The minimum absolute atomic E-state index is 0.0297. The Labute approximate surface area is 130 Å². The van der Waals surface area contributed by atoms with Gasteiger partial charge in [0, 0.05) is 6.54 Å². The van der Waals surface area contributed by atoms with Gasteiger partial charge < -0.3 is 10.1 Å². The van der Waals surface area contributed by atoms with Crippen LogP contribution in [0, 0.1) is 5.82 Å². The van der Waals surface area contributed by atoms with Crippen LogP contribution in [0.5, 0.6) is 5.75 Å². The lowest BCUT2D eigenvalue weighted by molar-refractivity contribution is -0.123. The first-order valence-corrected chi connectivity index (χ1v) is 7.43. The van der Waals surface area contributed by atoms with E-state index in [1.807, 2.05) is 30.3 Å². The van der Waals surface area contributed by atoms with Crippen LogP contribution in [0.4, 0.5) is 4.39 Å². The largest absolute Gasteiger partial charge is 0.484 e. The SMILES string of the molecule is O=C(COc1ccccc1)NCCCCc1ccc(F)cc1. The summed E-state index contributed by atoms with van der Waals surface area (Å²) in [5, 5.41) is 2.82. The van der Waals surface area contributed by atoms with E-state index in [4.69, 9.17) is 4.74 Å². The normalized spacial score (nSPS) is 10.2. The van der Waals surface area contributed by atoms with E-state index in [1.54, 1.807) is 12.1 Å². The minimum atomic E-state index is -0.213. The molecule has 0 unspecified atom stereocenters. The molecule has 2 aromatic carbocycles. The lowest BCUT2D eigenvalue weighted by Gasteiger charge is -2.07. The molecule has 0 atom stereocenters. The molecule has 22 heavy (non-hydrogen) atoms. The van der Waals surface area contributed by atoms with Gasteiger partial charge in [0.05, 0.1) is 0 Å². The van der Waals surface area contributed by atoms with Crippen molar-refractivity contribution < 1.29 is 13.9 Å². The number of ether oxygens (including phenoxy) is 1. The maximum atomic E-state index is 12.8. The van der Waals surface area contributed by atoms with Gasteiger partial charge in [0.15, 0.2) is 6.61 Å². The number of halogens is 1. The van der Waals surface area contributed by atoms with Crippen molar-refractivity contribution in [3.05, 3.63) is 66.0 Å². The van der Waals surface area contributed by atoms with Gasteiger partial charge in [-0.3, -0.25) is 4.79 Å². The zero-order valence-corrected chi connectivity index (χ0v) is 12.4. The van der Waals surface area contributed by atoms with Crippen LogP contribution < -0.4 is 10.1 Å². The number of carbonyl (C=O) groups excluding carboxylic acids is 1. The van der Waals surface area contributed by atoms with E-state index in [0.717, 1.165) is 24.8 Å². The van der Waals surface area contributed by atoms with Crippen molar-refractivity contribution in [2.24, 2.45) is 0 Å². The van der Waals surface area contributed by atoms with Gasteiger partial charge in [-0.25, -0.2) is 4.39 Å². The van der Waals surface area contributed by atoms with Gasteiger partial charge in [0.25, 0.3) is 5.91 Å². The fraction of sp³-hybridized carbons (Fsp3) is 0.278. The molecule has 4 heteroatoms. The molecule has 0 aliphatic heterocycles. The van der Waals surface area contributed by atoms with E-state index in [0.29, 0.717) is 12.3 Å². The van der Waals surface area contributed by atoms with Gasteiger partial charge in [-0.05, 0) is 49.1 Å². The van der Waals surface area contributed by atoms with Crippen LogP contribution in [0.25, 0.3) is 0 Å². The zero-order chi connectivity index (χ0) is 15.6. The second-order valence-electron chi connectivity index (χ2n) is 5.04. The van der Waals surface area contributed by atoms with Gasteiger partial charge in [-0.15, -0.1) is 0 Å². The minimum Gasteiger partial charge on any atom is -0.484 e. The number of hydrogen-bond acceptors (Lipinski definition) is 2. The Morgan fingerprint density at radius 3 is 2.45 bits per heavy atom. The molecule has 2 rings (SSSR count). The van der Waals surface area contributed by atoms with E-state index in [9.17, 15) is 9.18 Å². The Bertz CT molecular complexity index is 569. The van der Waals surface area contributed by atoms with Crippen LogP contribution in [0.2, 0.25) is 0 Å². The molecule has 1 N–H and O–H groups in total. The molecular weight excluding hydrogens is 281 g/mol. The first kappa shape index (κ1) is 16.0. The Kier molecular flexibility index (Phi) is 6.42. The molecule has 0 bridgehead atoms. The Balaban J connectivity index is 1.54. The summed E-state index contributed by atoms with van der Waals surface area (Å²) in [4.78, 5) is 11.6. The second-order valence-corrected chi connectivity index (χ2v) is 5.04. The fourth-order valence-electron chi connectivity index (χ4n) is 2.05. The number of unbranched alkanes of at least 4 members (excludes halogenated alkanes) is 1. The van der Waals surface area contributed by atoms with Gasteiger partial charge in [-0.1, -0.05) is 30.3 Å². The first-order valence-electron chi connectivity index (χ1n) is 7.43. The number of para-hydroxylation sites is 1. The van der Waals surface area contributed by atoms with E-state index >= 15 is 0 Å². The third kappa shape index (κ3) is 5.95. The Morgan fingerprint density at radius 1 is 1.00 bits per heavy atom. The summed E-state index contributed by atoms with van der Waals surface area (Å²) >= 11 is 0. The topological polar surface area (TPSA) is 38.3 Å². The number of hydrogen-bond donors (Lipinski definition) is 1. The quantitative estimate of drug-likeness (QED) is 0.759. The molecular formula is C18H20FNO2. The fourth-order valence-corrected chi connectivity index (χ4v) is 2.05. The zero-order valence-electron chi connectivity index (χ0n) is 12.4. The summed E-state index contributed by atoms with van der Waals surface area (Å²) in [5.41, 5.74) is 1.11. The van der Waals surface area contributed by atoms with Gasteiger partial charge in [0.2, 0.25) is 0 Å². The monoisotopic (exact) mass is 301 g/mol. The Morgan fingerprint density at radius 2 is 1.73 bits per heavy atom. The van der Waals surface area contributed by atoms with E-state index in [1.165, 1.54) is 12.1 Å². The summed E-state index contributed by atoms with van der Waals surface area (Å²) in [7, 11) is 0. The maximum Gasteiger partial charge on any atom is 0.257 e. The molecule has 0 aliphatic rings. The lowest BCUT2D eigenvalue weighted by Crippen LogP contribution is -2.29. The highest BCUT2D eigenvalue weighted by Crippen LogP contribution is 2.08. The Hall–Kier alpha value is -2.36.